The van der Waals surface area contributed by atoms with Crippen molar-refractivity contribution in [2.75, 3.05) is 13.2 Å². The van der Waals surface area contributed by atoms with Crippen molar-refractivity contribution in [2.45, 2.75) is 25.9 Å². The summed E-state index contributed by atoms with van der Waals surface area (Å²) in [7, 11) is 0. The minimum absolute atomic E-state index is 0.0569. The van der Waals surface area contributed by atoms with Crippen molar-refractivity contribution in [3.63, 3.8) is 0 Å². The van der Waals surface area contributed by atoms with Gasteiger partial charge in [-0.1, -0.05) is 0 Å². The quantitative estimate of drug-likeness (QED) is 0.637. The molecule has 0 aromatic carbocycles. The summed E-state index contributed by atoms with van der Waals surface area (Å²) in [5, 5.41) is 0. The van der Waals surface area contributed by atoms with Gasteiger partial charge in [-0.15, -0.1) is 0 Å². The Hall–Kier alpha value is -0.570. The topological polar surface area (TPSA) is 35.5 Å². The zero-order valence-electron chi connectivity index (χ0n) is 8.44. The fraction of sp³-hybridized carbons (Fsp3) is 0.909. The predicted molar refractivity (Wildman–Crippen MR) is 49.6 cm³/mol. The van der Waals surface area contributed by atoms with E-state index in [1.165, 1.54) is 6.42 Å². The van der Waals surface area contributed by atoms with Crippen molar-refractivity contribution in [3.8, 4) is 0 Å². The number of hydrogen-bond donors (Lipinski definition) is 0. The number of ether oxygens (including phenoxy) is 2. The number of rotatable bonds is 3. The van der Waals surface area contributed by atoms with Gasteiger partial charge in [0.1, 0.15) is 6.10 Å². The number of esters is 1. The van der Waals surface area contributed by atoms with E-state index in [4.69, 9.17) is 9.47 Å². The van der Waals surface area contributed by atoms with Crippen LogP contribution in [-0.4, -0.2) is 25.3 Å². The highest BCUT2D eigenvalue weighted by Crippen LogP contribution is 2.57. The van der Waals surface area contributed by atoms with E-state index in [9.17, 15) is 4.79 Å². The molecule has 1 saturated heterocycles. The molecule has 0 aromatic heterocycles. The molecule has 3 rings (SSSR count). The lowest BCUT2D eigenvalue weighted by atomic mass is 9.83. The maximum Gasteiger partial charge on any atom is 0.309 e. The van der Waals surface area contributed by atoms with Gasteiger partial charge in [-0.05, 0) is 25.7 Å². The average Bonchev–Trinajstić information content (AvgIpc) is 2.76. The zero-order valence-corrected chi connectivity index (χ0v) is 8.44. The van der Waals surface area contributed by atoms with Gasteiger partial charge in [0, 0.05) is 18.4 Å². The predicted octanol–water partition coefficient (Wildman–Crippen LogP) is 1.22. The van der Waals surface area contributed by atoms with Crippen LogP contribution in [0.5, 0.6) is 0 Å². The first-order valence-corrected chi connectivity index (χ1v) is 5.59. The summed E-state index contributed by atoms with van der Waals surface area (Å²) in [6.07, 6.45) is 2.44. The highest BCUT2D eigenvalue weighted by atomic mass is 16.6. The first kappa shape index (κ1) is 8.72. The Morgan fingerprint density at radius 3 is 3.14 bits per heavy atom. The van der Waals surface area contributed by atoms with Crippen LogP contribution >= 0.6 is 0 Å². The number of carbonyl (C=O) groups excluding carboxylic acids is 1. The molecule has 3 fully saturated rings. The second-order valence-corrected chi connectivity index (χ2v) is 4.73. The molecule has 2 aliphatic carbocycles. The Morgan fingerprint density at radius 2 is 2.36 bits per heavy atom. The largest absolute Gasteiger partial charge is 0.461 e. The molecule has 0 N–H and O–H groups in total. The van der Waals surface area contributed by atoms with Crippen LogP contribution in [0.15, 0.2) is 0 Å². The molecule has 2 bridgehead atoms. The molecular formula is C11H16O3. The summed E-state index contributed by atoms with van der Waals surface area (Å²) in [6.45, 7) is 3.55. The summed E-state index contributed by atoms with van der Waals surface area (Å²) in [5.74, 6) is 2.00. The van der Waals surface area contributed by atoms with Crippen molar-refractivity contribution < 1.29 is 14.3 Å². The SMILES string of the molecule is CCOCC1C2CC3C(=O)OC1C3C2. The van der Waals surface area contributed by atoms with E-state index >= 15 is 0 Å². The van der Waals surface area contributed by atoms with Crippen LogP contribution in [0.2, 0.25) is 0 Å². The van der Waals surface area contributed by atoms with E-state index in [1.807, 2.05) is 6.92 Å². The van der Waals surface area contributed by atoms with Gasteiger partial charge < -0.3 is 9.47 Å². The van der Waals surface area contributed by atoms with Gasteiger partial charge >= 0.3 is 5.97 Å². The van der Waals surface area contributed by atoms with Crippen molar-refractivity contribution in [1.82, 2.24) is 0 Å². The molecule has 14 heavy (non-hydrogen) atoms. The van der Waals surface area contributed by atoms with Crippen molar-refractivity contribution in [3.05, 3.63) is 0 Å². The molecule has 5 atom stereocenters. The van der Waals surface area contributed by atoms with E-state index in [0.29, 0.717) is 17.8 Å². The Kier molecular flexibility index (Phi) is 1.84. The summed E-state index contributed by atoms with van der Waals surface area (Å²) in [4.78, 5) is 11.4. The van der Waals surface area contributed by atoms with E-state index in [-0.39, 0.29) is 18.0 Å². The monoisotopic (exact) mass is 196 g/mol. The molecule has 0 aromatic rings. The number of hydrogen-bond acceptors (Lipinski definition) is 3. The highest BCUT2D eigenvalue weighted by molar-refractivity contribution is 5.76. The van der Waals surface area contributed by atoms with Gasteiger partial charge in [0.25, 0.3) is 0 Å². The molecule has 2 saturated carbocycles. The van der Waals surface area contributed by atoms with E-state index in [1.54, 1.807) is 0 Å². The lowest BCUT2D eigenvalue weighted by Gasteiger charge is -2.24. The third-order valence-electron chi connectivity index (χ3n) is 4.17. The molecule has 1 aliphatic heterocycles. The van der Waals surface area contributed by atoms with Crippen LogP contribution < -0.4 is 0 Å². The smallest absolute Gasteiger partial charge is 0.309 e. The van der Waals surface area contributed by atoms with Gasteiger partial charge in [0.15, 0.2) is 0 Å². The molecule has 78 valence electrons. The van der Waals surface area contributed by atoms with E-state index in [2.05, 4.69) is 0 Å². The second kappa shape index (κ2) is 2.96. The number of fused-ring (bicyclic) bond motifs is 1. The van der Waals surface area contributed by atoms with Gasteiger partial charge in [0.2, 0.25) is 0 Å². The van der Waals surface area contributed by atoms with Crippen LogP contribution in [0.25, 0.3) is 0 Å². The minimum atomic E-state index is 0.0569. The minimum Gasteiger partial charge on any atom is -0.461 e. The van der Waals surface area contributed by atoms with E-state index < -0.39 is 0 Å². The molecule has 0 radical (unpaired) electrons. The molecule has 3 aliphatic rings. The van der Waals surface area contributed by atoms with Crippen molar-refractivity contribution in [2.24, 2.45) is 23.7 Å². The third-order valence-corrected chi connectivity index (χ3v) is 4.17. The fourth-order valence-electron chi connectivity index (χ4n) is 3.56. The summed E-state index contributed by atoms with van der Waals surface area (Å²) in [6, 6.07) is 0. The molecular weight excluding hydrogens is 180 g/mol. The standard InChI is InChI=1S/C11H16O3/c1-2-13-5-9-6-3-7-8(4-6)11(12)14-10(7)9/h6-10H,2-5H2,1H3. The van der Waals surface area contributed by atoms with Crippen LogP contribution in [0.1, 0.15) is 19.8 Å². The van der Waals surface area contributed by atoms with Crippen LogP contribution in [0.4, 0.5) is 0 Å². The van der Waals surface area contributed by atoms with Crippen molar-refractivity contribution in [1.29, 1.82) is 0 Å². The van der Waals surface area contributed by atoms with Crippen LogP contribution in [-0.2, 0) is 14.3 Å². The molecule has 3 heteroatoms. The molecule has 3 nitrogen and oxygen atoms in total. The Labute approximate surface area is 83.8 Å². The van der Waals surface area contributed by atoms with Gasteiger partial charge in [-0.25, -0.2) is 0 Å². The van der Waals surface area contributed by atoms with E-state index in [0.717, 1.165) is 19.6 Å². The molecule has 1 heterocycles. The first-order valence-electron chi connectivity index (χ1n) is 5.59. The first-order chi connectivity index (χ1) is 6.81. The second-order valence-electron chi connectivity index (χ2n) is 4.73. The van der Waals surface area contributed by atoms with Gasteiger partial charge in [-0.3, -0.25) is 4.79 Å². The Balaban J connectivity index is 1.75. The lowest BCUT2D eigenvalue weighted by molar-refractivity contribution is -0.144. The normalized spacial score (nSPS) is 48.6. The van der Waals surface area contributed by atoms with Gasteiger partial charge in [-0.2, -0.15) is 0 Å². The highest BCUT2D eigenvalue weighted by Gasteiger charge is 2.61. The molecule has 0 spiro atoms. The maximum atomic E-state index is 11.4. The number of carbonyl (C=O) groups is 1. The molecule has 0 amide bonds. The summed E-state index contributed by atoms with van der Waals surface area (Å²) in [5.41, 5.74) is 0. The Bertz CT molecular complexity index is 263. The zero-order chi connectivity index (χ0) is 9.71. The maximum absolute atomic E-state index is 11.4. The molecule has 5 unspecified atom stereocenters. The summed E-state index contributed by atoms with van der Waals surface area (Å²) < 4.78 is 10.9. The summed E-state index contributed by atoms with van der Waals surface area (Å²) >= 11 is 0. The van der Waals surface area contributed by atoms with Crippen LogP contribution in [0, 0.1) is 23.7 Å². The Morgan fingerprint density at radius 1 is 1.50 bits per heavy atom. The lowest BCUT2D eigenvalue weighted by Crippen LogP contribution is -2.30. The fourth-order valence-corrected chi connectivity index (χ4v) is 3.56. The van der Waals surface area contributed by atoms with Crippen LogP contribution in [0.3, 0.4) is 0 Å². The third kappa shape index (κ3) is 0.991. The van der Waals surface area contributed by atoms with Gasteiger partial charge in [0.05, 0.1) is 12.5 Å². The average molecular weight is 196 g/mol. The van der Waals surface area contributed by atoms with Crippen molar-refractivity contribution >= 4 is 5.97 Å².